The van der Waals surface area contributed by atoms with Crippen molar-refractivity contribution in [2.24, 2.45) is 0 Å². The number of amides is 1. The molecule has 3 aromatic rings. The lowest BCUT2D eigenvalue weighted by Crippen LogP contribution is -2.12. The van der Waals surface area contributed by atoms with Crippen molar-refractivity contribution in [1.82, 2.24) is 0 Å². The number of rotatable bonds is 2. The molecule has 1 amide bonds. The van der Waals surface area contributed by atoms with Crippen LogP contribution >= 0.6 is 0 Å². The lowest BCUT2D eigenvalue weighted by atomic mass is 10.1. The molecule has 0 aliphatic heterocycles. The first kappa shape index (κ1) is 14.0. The Morgan fingerprint density at radius 1 is 0.909 bits per heavy atom. The molecule has 0 radical (unpaired) electrons. The van der Waals surface area contributed by atoms with E-state index in [9.17, 15) is 18.7 Å². The fourth-order valence-corrected chi connectivity index (χ4v) is 2.23. The minimum absolute atomic E-state index is 0.0102. The van der Waals surface area contributed by atoms with Crippen LogP contribution in [-0.2, 0) is 0 Å². The van der Waals surface area contributed by atoms with Gasteiger partial charge in [-0.3, -0.25) is 4.79 Å². The van der Waals surface area contributed by atoms with Gasteiger partial charge in [0.2, 0.25) is 0 Å². The van der Waals surface area contributed by atoms with Gasteiger partial charge in [-0.05, 0) is 30.3 Å². The second kappa shape index (κ2) is 5.44. The van der Waals surface area contributed by atoms with Crippen molar-refractivity contribution >= 4 is 22.4 Å². The molecule has 0 aromatic heterocycles. The van der Waals surface area contributed by atoms with Crippen LogP contribution in [0.25, 0.3) is 10.8 Å². The summed E-state index contributed by atoms with van der Waals surface area (Å²) in [4.78, 5) is 12.1. The van der Waals surface area contributed by atoms with Crippen LogP contribution in [0, 0.1) is 11.6 Å². The average molecular weight is 299 g/mol. The van der Waals surface area contributed by atoms with Gasteiger partial charge in [-0.25, -0.2) is 8.78 Å². The van der Waals surface area contributed by atoms with E-state index in [0.717, 1.165) is 12.1 Å². The highest BCUT2D eigenvalue weighted by molar-refractivity contribution is 6.09. The Kier molecular flexibility index (Phi) is 3.47. The molecule has 5 heteroatoms. The second-order valence-corrected chi connectivity index (χ2v) is 4.76. The van der Waals surface area contributed by atoms with Crippen molar-refractivity contribution in [2.75, 3.05) is 5.32 Å². The van der Waals surface area contributed by atoms with E-state index >= 15 is 0 Å². The molecule has 22 heavy (non-hydrogen) atoms. The Hall–Kier alpha value is -2.95. The van der Waals surface area contributed by atoms with Crippen LogP contribution in [0.3, 0.4) is 0 Å². The maximum atomic E-state index is 13.2. The van der Waals surface area contributed by atoms with Crippen LogP contribution in [0.1, 0.15) is 10.4 Å². The molecular formula is C17H11F2NO2. The molecule has 0 aliphatic carbocycles. The van der Waals surface area contributed by atoms with Crippen molar-refractivity contribution in [3.63, 3.8) is 0 Å². The third kappa shape index (κ3) is 2.48. The van der Waals surface area contributed by atoms with E-state index in [2.05, 4.69) is 5.32 Å². The zero-order chi connectivity index (χ0) is 15.7. The highest BCUT2D eigenvalue weighted by Gasteiger charge is 2.12. The summed E-state index contributed by atoms with van der Waals surface area (Å²) in [5.74, 6) is -2.55. The largest absolute Gasteiger partial charge is 0.507 e. The van der Waals surface area contributed by atoms with Gasteiger partial charge in [-0.1, -0.05) is 24.3 Å². The fourth-order valence-electron chi connectivity index (χ4n) is 2.23. The number of hydrogen-bond donors (Lipinski definition) is 2. The molecule has 0 bridgehead atoms. The first-order valence-electron chi connectivity index (χ1n) is 6.53. The zero-order valence-electron chi connectivity index (χ0n) is 11.3. The number of aromatic hydroxyl groups is 1. The second-order valence-electron chi connectivity index (χ2n) is 4.76. The first-order chi connectivity index (χ1) is 10.6. The number of phenols is 1. The summed E-state index contributed by atoms with van der Waals surface area (Å²) in [6.07, 6.45) is 0. The predicted octanol–water partition coefficient (Wildman–Crippen LogP) is 4.08. The molecule has 0 aliphatic rings. The zero-order valence-corrected chi connectivity index (χ0v) is 11.3. The van der Waals surface area contributed by atoms with Crippen molar-refractivity contribution in [3.05, 3.63) is 71.8 Å². The van der Waals surface area contributed by atoms with E-state index in [4.69, 9.17) is 0 Å². The maximum Gasteiger partial charge on any atom is 0.255 e. The van der Waals surface area contributed by atoms with Crippen molar-refractivity contribution < 1.29 is 18.7 Å². The molecule has 3 aromatic carbocycles. The molecule has 110 valence electrons. The normalized spacial score (nSPS) is 10.6. The number of halogens is 2. The van der Waals surface area contributed by atoms with E-state index < -0.39 is 17.5 Å². The van der Waals surface area contributed by atoms with Crippen molar-refractivity contribution in [3.8, 4) is 5.75 Å². The van der Waals surface area contributed by atoms with Crippen molar-refractivity contribution in [1.29, 1.82) is 0 Å². The number of carbonyl (C=O) groups is 1. The Balaban J connectivity index is 1.97. The molecule has 3 nitrogen and oxygen atoms in total. The van der Waals surface area contributed by atoms with E-state index in [1.54, 1.807) is 36.4 Å². The van der Waals surface area contributed by atoms with Gasteiger partial charge in [0.25, 0.3) is 5.91 Å². The number of hydrogen-bond acceptors (Lipinski definition) is 2. The third-order valence-corrected chi connectivity index (χ3v) is 3.33. The quantitative estimate of drug-likeness (QED) is 0.749. The summed E-state index contributed by atoms with van der Waals surface area (Å²) in [5, 5.41) is 13.7. The van der Waals surface area contributed by atoms with Gasteiger partial charge in [-0.15, -0.1) is 0 Å². The SMILES string of the molecule is O=C(Nc1cccc2c(O)cccc12)c1ccc(F)c(F)c1. The lowest BCUT2D eigenvalue weighted by Gasteiger charge is -2.10. The Morgan fingerprint density at radius 3 is 2.41 bits per heavy atom. The molecule has 0 heterocycles. The van der Waals surface area contributed by atoms with Crippen LogP contribution in [0.5, 0.6) is 5.75 Å². The molecule has 0 spiro atoms. The molecular weight excluding hydrogens is 288 g/mol. The highest BCUT2D eigenvalue weighted by Crippen LogP contribution is 2.30. The number of carbonyl (C=O) groups excluding carboxylic acids is 1. The van der Waals surface area contributed by atoms with Gasteiger partial charge in [0, 0.05) is 22.0 Å². The standard InChI is InChI=1S/C17H11F2NO2/c18-13-8-7-10(9-14(13)19)17(22)20-15-5-1-4-12-11(15)3-2-6-16(12)21/h1-9,21H,(H,20,22). The molecule has 2 N–H and O–H groups in total. The molecule has 0 saturated heterocycles. The topological polar surface area (TPSA) is 49.3 Å². The lowest BCUT2D eigenvalue weighted by molar-refractivity contribution is 0.102. The van der Waals surface area contributed by atoms with Crippen LogP contribution in [0.4, 0.5) is 14.5 Å². The maximum absolute atomic E-state index is 13.2. The van der Waals surface area contributed by atoms with Gasteiger partial charge < -0.3 is 10.4 Å². The van der Waals surface area contributed by atoms with E-state index in [1.165, 1.54) is 6.07 Å². The summed E-state index contributed by atoms with van der Waals surface area (Å²) in [7, 11) is 0. The number of phenolic OH excluding ortho intramolecular Hbond substituents is 1. The van der Waals surface area contributed by atoms with E-state index in [-0.39, 0.29) is 11.3 Å². The fraction of sp³-hybridized carbons (Fsp3) is 0. The summed E-state index contributed by atoms with van der Waals surface area (Å²) < 4.78 is 26.1. The molecule has 0 saturated carbocycles. The Bertz CT molecular complexity index is 878. The summed E-state index contributed by atoms with van der Waals surface area (Å²) in [6.45, 7) is 0. The minimum Gasteiger partial charge on any atom is -0.507 e. The summed E-state index contributed by atoms with van der Waals surface area (Å²) in [5.41, 5.74) is 0.485. The summed E-state index contributed by atoms with van der Waals surface area (Å²) >= 11 is 0. The minimum atomic E-state index is -1.08. The van der Waals surface area contributed by atoms with Gasteiger partial charge in [0.1, 0.15) is 5.75 Å². The number of anilines is 1. The molecule has 0 unspecified atom stereocenters. The van der Waals surface area contributed by atoms with Gasteiger partial charge in [-0.2, -0.15) is 0 Å². The molecule has 0 fully saturated rings. The molecule has 3 rings (SSSR count). The average Bonchev–Trinajstić information content (AvgIpc) is 2.51. The van der Waals surface area contributed by atoms with Crippen LogP contribution in [-0.4, -0.2) is 11.0 Å². The van der Waals surface area contributed by atoms with Gasteiger partial charge >= 0.3 is 0 Å². The first-order valence-corrected chi connectivity index (χ1v) is 6.53. The smallest absolute Gasteiger partial charge is 0.255 e. The number of fused-ring (bicyclic) bond motifs is 1. The predicted molar refractivity (Wildman–Crippen MR) is 79.9 cm³/mol. The summed E-state index contributed by atoms with van der Waals surface area (Å²) in [6, 6.07) is 13.0. The Morgan fingerprint density at radius 2 is 1.64 bits per heavy atom. The third-order valence-electron chi connectivity index (χ3n) is 3.33. The van der Waals surface area contributed by atoms with Crippen LogP contribution in [0.15, 0.2) is 54.6 Å². The van der Waals surface area contributed by atoms with Crippen LogP contribution in [0.2, 0.25) is 0 Å². The van der Waals surface area contributed by atoms with Gasteiger partial charge in [0.15, 0.2) is 11.6 Å². The van der Waals surface area contributed by atoms with Crippen molar-refractivity contribution in [2.45, 2.75) is 0 Å². The number of benzene rings is 3. The van der Waals surface area contributed by atoms with Crippen LogP contribution < -0.4 is 5.32 Å². The highest BCUT2D eigenvalue weighted by atomic mass is 19.2. The van der Waals surface area contributed by atoms with E-state index in [1.807, 2.05) is 0 Å². The number of nitrogens with one attached hydrogen (secondary N) is 1. The monoisotopic (exact) mass is 299 g/mol. The Labute approximate surface area is 124 Å². The van der Waals surface area contributed by atoms with E-state index in [0.29, 0.717) is 16.5 Å². The van der Waals surface area contributed by atoms with Gasteiger partial charge in [0.05, 0.1) is 0 Å². The molecule has 0 atom stereocenters.